The molecule has 0 bridgehead atoms. The average molecular weight is 260 g/mol. The second kappa shape index (κ2) is 4.97. The highest BCUT2D eigenvalue weighted by molar-refractivity contribution is 9.10. The number of benzene rings is 1. The molecule has 0 fully saturated rings. The van der Waals surface area contributed by atoms with Crippen molar-refractivity contribution in [1.82, 2.24) is 0 Å². The van der Waals surface area contributed by atoms with Crippen molar-refractivity contribution in [2.75, 3.05) is 6.61 Å². The molecule has 0 aliphatic rings. The molecule has 1 amide bonds. The fraction of sp³-hybridized carbons (Fsp3) is 0.222. The number of ether oxygens (including phenoxy) is 1. The van der Waals surface area contributed by atoms with Gasteiger partial charge in [-0.15, -0.1) is 0 Å². The lowest BCUT2D eigenvalue weighted by Gasteiger charge is -2.10. The molecule has 3 N–H and O–H groups in total. The molecule has 1 aromatic rings. The summed E-state index contributed by atoms with van der Waals surface area (Å²) in [5, 5.41) is 9.51. The summed E-state index contributed by atoms with van der Waals surface area (Å²) < 4.78 is 5.39. The maximum absolute atomic E-state index is 10.3. The van der Waals surface area contributed by atoms with E-state index in [4.69, 9.17) is 5.73 Å². The zero-order valence-electron chi connectivity index (χ0n) is 7.31. The summed E-state index contributed by atoms with van der Waals surface area (Å²) in [5.41, 5.74) is 5.44. The molecule has 0 heterocycles. The van der Waals surface area contributed by atoms with E-state index in [2.05, 4.69) is 20.7 Å². The van der Waals surface area contributed by atoms with Gasteiger partial charge >= 0.3 is 6.09 Å². The normalized spacial score (nSPS) is 12.1. The maximum Gasteiger partial charge on any atom is 0.404 e. The predicted octanol–water partition coefficient (Wildman–Crippen LogP) is 1.58. The SMILES string of the molecule is NC(=O)OCC(O)c1ccc(Br)cc1. The highest BCUT2D eigenvalue weighted by Crippen LogP contribution is 2.16. The van der Waals surface area contributed by atoms with Crippen LogP contribution in [0.2, 0.25) is 0 Å². The van der Waals surface area contributed by atoms with Gasteiger partial charge in [-0.05, 0) is 17.7 Å². The van der Waals surface area contributed by atoms with E-state index in [0.717, 1.165) is 4.47 Å². The first-order chi connectivity index (χ1) is 6.59. The van der Waals surface area contributed by atoms with E-state index in [1.165, 1.54) is 0 Å². The van der Waals surface area contributed by atoms with Crippen LogP contribution < -0.4 is 5.73 Å². The van der Waals surface area contributed by atoms with E-state index >= 15 is 0 Å². The van der Waals surface area contributed by atoms with Gasteiger partial charge in [-0.2, -0.15) is 0 Å². The molecular formula is C9H10BrNO3. The number of hydrogen-bond donors (Lipinski definition) is 2. The lowest BCUT2D eigenvalue weighted by Crippen LogP contribution is -2.17. The standard InChI is InChI=1S/C9H10BrNO3/c10-7-3-1-6(2-4-7)8(12)5-14-9(11)13/h1-4,8,12H,5H2,(H2,11,13). The molecule has 4 nitrogen and oxygen atoms in total. The first kappa shape index (κ1) is 11.0. The lowest BCUT2D eigenvalue weighted by atomic mass is 10.1. The van der Waals surface area contributed by atoms with E-state index in [0.29, 0.717) is 5.56 Å². The van der Waals surface area contributed by atoms with Crippen LogP contribution in [0.25, 0.3) is 0 Å². The van der Waals surface area contributed by atoms with Gasteiger partial charge in [0.1, 0.15) is 12.7 Å². The summed E-state index contributed by atoms with van der Waals surface area (Å²) >= 11 is 3.27. The number of amides is 1. The third-order valence-corrected chi connectivity index (χ3v) is 2.17. The number of carbonyl (C=O) groups excluding carboxylic acids is 1. The van der Waals surface area contributed by atoms with Crippen LogP contribution in [-0.2, 0) is 4.74 Å². The number of halogens is 1. The van der Waals surface area contributed by atoms with Gasteiger partial charge in [0.2, 0.25) is 0 Å². The molecule has 0 saturated heterocycles. The molecule has 0 aliphatic heterocycles. The molecule has 1 unspecified atom stereocenters. The Hall–Kier alpha value is -1.07. The van der Waals surface area contributed by atoms with Crippen LogP contribution in [0.5, 0.6) is 0 Å². The Labute approximate surface area is 89.8 Å². The van der Waals surface area contributed by atoms with E-state index in [-0.39, 0.29) is 6.61 Å². The highest BCUT2D eigenvalue weighted by atomic mass is 79.9. The van der Waals surface area contributed by atoms with E-state index in [1.54, 1.807) is 24.3 Å². The smallest absolute Gasteiger partial charge is 0.404 e. The molecular weight excluding hydrogens is 250 g/mol. The fourth-order valence-electron chi connectivity index (χ4n) is 0.942. The van der Waals surface area contributed by atoms with Crippen LogP contribution in [0.15, 0.2) is 28.7 Å². The predicted molar refractivity (Wildman–Crippen MR) is 54.6 cm³/mol. The first-order valence-corrected chi connectivity index (χ1v) is 4.74. The topological polar surface area (TPSA) is 72.6 Å². The molecule has 1 atom stereocenters. The number of aliphatic hydroxyl groups is 1. The van der Waals surface area contributed by atoms with Gasteiger partial charge in [-0.25, -0.2) is 4.79 Å². The van der Waals surface area contributed by atoms with Gasteiger partial charge in [0, 0.05) is 4.47 Å². The molecule has 0 saturated carbocycles. The number of carbonyl (C=O) groups is 1. The van der Waals surface area contributed by atoms with Crippen LogP contribution >= 0.6 is 15.9 Å². The minimum Gasteiger partial charge on any atom is -0.447 e. The molecule has 5 heteroatoms. The number of aliphatic hydroxyl groups excluding tert-OH is 1. The Bertz CT molecular complexity index is 312. The average Bonchev–Trinajstić information content (AvgIpc) is 2.15. The summed E-state index contributed by atoms with van der Waals surface area (Å²) in [5.74, 6) is 0. The molecule has 1 rings (SSSR count). The minimum atomic E-state index is -0.888. The Kier molecular flexibility index (Phi) is 3.91. The van der Waals surface area contributed by atoms with E-state index in [9.17, 15) is 9.90 Å². The van der Waals surface area contributed by atoms with Gasteiger partial charge in [0.15, 0.2) is 0 Å². The van der Waals surface area contributed by atoms with Crippen molar-refractivity contribution in [1.29, 1.82) is 0 Å². The van der Waals surface area contributed by atoms with Gasteiger partial charge in [-0.3, -0.25) is 0 Å². The summed E-state index contributed by atoms with van der Waals surface area (Å²) in [4.78, 5) is 10.3. The zero-order chi connectivity index (χ0) is 10.6. The number of hydrogen-bond acceptors (Lipinski definition) is 3. The van der Waals surface area contributed by atoms with Crippen LogP contribution in [0.4, 0.5) is 4.79 Å². The molecule has 0 radical (unpaired) electrons. The van der Waals surface area contributed by atoms with E-state index in [1.807, 2.05) is 0 Å². The van der Waals surface area contributed by atoms with Crippen molar-refractivity contribution >= 4 is 22.0 Å². The van der Waals surface area contributed by atoms with Crippen molar-refractivity contribution in [2.45, 2.75) is 6.10 Å². The van der Waals surface area contributed by atoms with Crippen molar-refractivity contribution < 1.29 is 14.6 Å². The zero-order valence-corrected chi connectivity index (χ0v) is 8.90. The van der Waals surface area contributed by atoms with Crippen molar-refractivity contribution in [3.05, 3.63) is 34.3 Å². The number of primary amides is 1. The number of nitrogens with two attached hydrogens (primary N) is 1. The molecule has 0 aromatic heterocycles. The van der Waals surface area contributed by atoms with Crippen LogP contribution in [0.3, 0.4) is 0 Å². The quantitative estimate of drug-likeness (QED) is 0.866. The largest absolute Gasteiger partial charge is 0.447 e. The Balaban J connectivity index is 2.56. The first-order valence-electron chi connectivity index (χ1n) is 3.95. The lowest BCUT2D eigenvalue weighted by molar-refractivity contribution is 0.0729. The van der Waals surface area contributed by atoms with E-state index < -0.39 is 12.2 Å². The fourth-order valence-corrected chi connectivity index (χ4v) is 1.21. The minimum absolute atomic E-state index is 0.128. The molecule has 14 heavy (non-hydrogen) atoms. The van der Waals surface area contributed by atoms with Gasteiger partial charge in [-0.1, -0.05) is 28.1 Å². The molecule has 0 aliphatic carbocycles. The van der Waals surface area contributed by atoms with Crippen molar-refractivity contribution in [3.63, 3.8) is 0 Å². The number of rotatable bonds is 3. The third kappa shape index (κ3) is 3.35. The summed E-state index contributed by atoms with van der Waals surface area (Å²) in [6, 6.07) is 7.06. The molecule has 0 spiro atoms. The van der Waals surface area contributed by atoms with Crippen molar-refractivity contribution in [3.8, 4) is 0 Å². The monoisotopic (exact) mass is 259 g/mol. The maximum atomic E-state index is 10.3. The van der Waals surface area contributed by atoms with Crippen LogP contribution in [-0.4, -0.2) is 17.8 Å². The van der Waals surface area contributed by atoms with Crippen LogP contribution in [0, 0.1) is 0 Å². The summed E-state index contributed by atoms with van der Waals surface area (Å²) in [7, 11) is 0. The Morgan fingerprint density at radius 1 is 1.50 bits per heavy atom. The highest BCUT2D eigenvalue weighted by Gasteiger charge is 2.08. The van der Waals surface area contributed by atoms with Gasteiger partial charge < -0.3 is 15.6 Å². The van der Waals surface area contributed by atoms with Gasteiger partial charge in [0.25, 0.3) is 0 Å². The third-order valence-electron chi connectivity index (χ3n) is 1.64. The molecule has 76 valence electrons. The Morgan fingerprint density at radius 3 is 2.57 bits per heavy atom. The van der Waals surface area contributed by atoms with Gasteiger partial charge in [0.05, 0.1) is 0 Å². The van der Waals surface area contributed by atoms with Crippen molar-refractivity contribution in [2.24, 2.45) is 5.73 Å². The second-order valence-electron chi connectivity index (χ2n) is 2.70. The van der Waals surface area contributed by atoms with Crippen LogP contribution in [0.1, 0.15) is 11.7 Å². The Morgan fingerprint density at radius 2 is 2.07 bits per heavy atom. The second-order valence-corrected chi connectivity index (χ2v) is 3.61. The summed E-state index contributed by atoms with van der Waals surface area (Å²) in [6.07, 6.45) is -1.73. The summed E-state index contributed by atoms with van der Waals surface area (Å²) in [6.45, 7) is -0.128. The molecule has 1 aromatic carbocycles.